The zero-order valence-corrected chi connectivity index (χ0v) is 54.6. The van der Waals surface area contributed by atoms with Crippen molar-refractivity contribution in [3.63, 3.8) is 0 Å². The van der Waals surface area contributed by atoms with E-state index in [1.807, 2.05) is 0 Å². The fourth-order valence-electron chi connectivity index (χ4n) is 9.89. The standard InChI is InChI=1S/C55H103N23O11S2/c1-29(2)25-36(48(85)73-33(15-10-22-66-52(59)60)45(82)71-34(16-11-23-67-53(61)62)46(83)75-37(50(87)88)26-30(3)4)74-49(86)38(27-90)76-47(84)35(17-12-24-68-54(63)64)72-44(81)32(13-7-8-20-56)70-43(80)31(14-9-21-65-51(57)58)69-41(79)19-6-5-18-40-42-39(28-91-40)77-55(89)78-42/h29-40,42,90H,5-28,56H2,1-4H3,(H,69,79)(H,70,80)(H,71,82)(H,72,81)(H,73,85)(H,74,86)(H,75,83)(H,76,84)(H,87,88)(H4,57,58,65)(H4,59,60,66)(H4,61,62,67)(H4,63,64,68)(H2,77,78,89)/t31-,32-,33-,34-,35-,36-,37-,38-,39-,40-,42-/m0/s1. The van der Waals surface area contributed by atoms with Gasteiger partial charge in [0.25, 0.3) is 0 Å². The van der Waals surface area contributed by atoms with E-state index in [0.29, 0.717) is 25.7 Å². The number of thioether (sulfide) groups is 1. The van der Waals surface area contributed by atoms with E-state index in [4.69, 9.17) is 51.6 Å². The van der Waals surface area contributed by atoms with Crippen LogP contribution in [-0.4, -0.2) is 198 Å². The lowest BCUT2D eigenvalue weighted by Crippen LogP contribution is -2.60. The molecular formula is C55H103N23O11S2. The second kappa shape index (κ2) is 43.1. The Kier molecular flexibility index (Phi) is 37.6. The van der Waals surface area contributed by atoms with E-state index in [1.165, 1.54) is 0 Å². The van der Waals surface area contributed by atoms with Crippen LogP contribution in [0.4, 0.5) is 4.79 Å². The quantitative estimate of drug-likeness (QED) is 0.00892. The van der Waals surface area contributed by atoms with Crippen LogP contribution in [0.25, 0.3) is 0 Å². The molecule has 0 bridgehead atoms. The average molecular weight is 1330 g/mol. The number of carboxylic acids is 1. The van der Waals surface area contributed by atoms with Gasteiger partial charge in [-0.1, -0.05) is 34.1 Å². The highest BCUT2D eigenvalue weighted by Gasteiger charge is 2.43. The monoisotopic (exact) mass is 1330 g/mol. The first-order valence-corrected chi connectivity index (χ1v) is 32.6. The van der Waals surface area contributed by atoms with Gasteiger partial charge in [0.1, 0.15) is 48.3 Å². The van der Waals surface area contributed by atoms with Crippen molar-refractivity contribution in [2.75, 3.05) is 44.2 Å². The number of unbranched alkanes of at least 4 members (excludes halogenated alkanes) is 2. The number of aliphatic imine (C=N–C) groups is 4. The molecule has 0 spiro atoms. The first-order valence-electron chi connectivity index (χ1n) is 30.9. The Morgan fingerprint density at radius 2 is 0.846 bits per heavy atom. The second-order valence-corrected chi connectivity index (χ2v) is 24.9. The first-order chi connectivity index (χ1) is 43.0. The van der Waals surface area contributed by atoms with Crippen molar-refractivity contribution < 1.29 is 53.1 Å². The molecule has 0 aromatic heterocycles. The largest absolute Gasteiger partial charge is 0.480 e. The number of carbonyl (C=O) groups is 10. The van der Waals surface area contributed by atoms with Crippen LogP contribution in [0.5, 0.6) is 0 Å². The maximum absolute atomic E-state index is 14.4. The number of nitrogens with one attached hydrogen (secondary N) is 10. The van der Waals surface area contributed by atoms with Gasteiger partial charge in [0, 0.05) is 49.4 Å². The molecule has 34 nitrogen and oxygen atoms in total. The summed E-state index contributed by atoms with van der Waals surface area (Å²) in [5.74, 6) is -8.16. The number of amides is 10. The molecule has 516 valence electrons. The van der Waals surface area contributed by atoms with Crippen LogP contribution in [0, 0.1) is 11.8 Å². The molecule has 0 aromatic carbocycles. The molecule has 11 atom stereocenters. The number of hydrogen-bond acceptors (Lipinski definition) is 17. The van der Waals surface area contributed by atoms with Crippen molar-refractivity contribution in [1.29, 1.82) is 0 Å². The molecule has 2 heterocycles. The Bertz CT molecular complexity index is 2490. The molecular weight excluding hydrogens is 1220 g/mol. The number of nitrogens with two attached hydrogens (primary N) is 9. The van der Waals surface area contributed by atoms with Gasteiger partial charge in [-0.3, -0.25) is 58.3 Å². The van der Waals surface area contributed by atoms with E-state index in [9.17, 15) is 53.1 Å². The van der Waals surface area contributed by atoms with Crippen LogP contribution >= 0.6 is 24.4 Å². The zero-order valence-electron chi connectivity index (χ0n) is 52.8. The van der Waals surface area contributed by atoms with E-state index in [2.05, 4.69) is 85.8 Å². The Morgan fingerprint density at radius 1 is 0.495 bits per heavy atom. The van der Waals surface area contributed by atoms with Gasteiger partial charge in [0.2, 0.25) is 47.3 Å². The summed E-state index contributed by atoms with van der Waals surface area (Å²) in [6, 6.07) is -10.7. The van der Waals surface area contributed by atoms with Crippen molar-refractivity contribution >= 4 is 107 Å². The average Bonchev–Trinajstić information content (AvgIpc) is 1.75. The molecule has 2 aliphatic heterocycles. The minimum atomic E-state index is -1.44. The number of fused-ring (bicyclic) bond motifs is 1. The number of hydrogen-bond donors (Lipinski definition) is 21. The predicted octanol–water partition coefficient (Wildman–Crippen LogP) is -4.96. The van der Waals surface area contributed by atoms with E-state index in [1.54, 1.807) is 39.5 Å². The topological polar surface area (TPSA) is 595 Å². The number of urea groups is 1. The van der Waals surface area contributed by atoms with E-state index >= 15 is 0 Å². The summed E-state index contributed by atoms with van der Waals surface area (Å²) >= 11 is 6.12. The number of nitrogens with zero attached hydrogens (tertiary/aromatic N) is 4. The molecule has 0 aliphatic carbocycles. The van der Waals surface area contributed by atoms with Gasteiger partial charge in [-0.2, -0.15) is 24.4 Å². The Morgan fingerprint density at radius 3 is 1.23 bits per heavy atom. The summed E-state index contributed by atoms with van der Waals surface area (Å²) < 4.78 is 0. The molecule has 36 heteroatoms. The fraction of sp³-hybridized carbons (Fsp3) is 0.745. The van der Waals surface area contributed by atoms with Crippen LogP contribution < -0.4 is 105 Å². The van der Waals surface area contributed by atoms with E-state index < -0.39 is 102 Å². The highest BCUT2D eigenvalue weighted by Crippen LogP contribution is 2.33. The summed E-state index contributed by atoms with van der Waals surface area (Å²) in [7, 11) is 0. The van der Waals surface area contributed by atoms with Gasteiger partial charge in [0.15, 0.2) is 23.8 Å². The van der Waals surface area contributed by atoms with Crippen molar-refractivity contribution in [2.24, 2.45) is 83.4 Å². The maximum Gasteiger partial charge on any atom is 0.326 e. The molecule has 0 unspecified atom stereocenters. The first kappa shape index (κ1) is 79.3. The smallest absolute Gasteiger partial charge is 0.326 e. The highest BCUT2D eigenvalue weighted by atomic mass is 32.2. The van der Waals surface area contributed by atoms with Gasteiger partial charge in [-0.25, -0.2) is 9.59 Å². The zero-order chi connectivity index (χ0) is 68.2. The van der Waals surface area contributed by atoms with Gasteiger partial charge >= 0.3 is 12.0 Å². The van der Waals surface area contributed by atoms with Crippen LogP contribution in [0.15, 0.2) is 20.0 Å². The molecule has 2 rings (SSSR count). The summed E-state index contributed by atoms with van der Waals surface area (Å²) in [4.78, 5) is 153. The second-order valence-electron chi connectivity index (χ2n) is 23.3. The minimum Gasteiger partial charge on any atom is -0.480 e. The lowest BCUT2D eigenvalue weighted by Gasteiger charge is -2.28. The van der Waals surface area contributed by atoms with Crippen LogP contribution in [-0.2, 0) is 43.2 Å². The number of carbonyl (C=O) groups excluding carboxylic acids is 9. The molecule has 2 saturated heterocycles. The summed E-state index contributed by atoms with van der Waals surface area (Å²) in [6.45, 7) is 7.62. The van der Waals surface area contributed by atoms with E-state index in [0.717, 1.165) is 12.2 Å². The number of thiol groups is 1. The molecule has 0 saturated carbocycles. The third-order valence-electron chi connectivity index (χ3n) is 14.5. The van der Waals surface area contributed by atoms with Crippen molar-refractivity contribution in [2.45, 2.75) is 203 Å². The summed E-state index contributed by atoms with van der Waals surface area (Å²) in [6.07, 6.45) is 3.60. The summed E-state index contributed by atoms with van der Waals surface area (Å²) in [5.41, 5.74) is 50.1. The molecule has 2 aliphatic rings. The molecule has 29 N–H and O–H groups in total. The molecule has 0 radical (unpaired) electrons. The Balaban J connectivity index is 2.41. The van der Waals surface area contributed by atoms with Crippen molar-refractivity contribution in [3.8, 4) is 0 Å². The Labute approximate surface area is 541 Å². The van der Waals surface area contributed by atoms with Crippen LogP contribution in [0.3, 0.4) is 0 Å². The molecule has 0 aromatic rings. The van der Waals surface area contributed by atoms with Gasteiger partial charge < -0.3 is 110 Å². The molecule has 10 amide bonds. The number of aliphatic carboxylic acids is 1. The molecule has 2 fully saturated rings. The third kappa shape index (κ3) is 32.7. The fourth-order valence-corrected chi connectivity index (χ4v) is 11.7. The number of carboxylic acid groups (broad SMARTS) is 1. The maximum atomic E-state index is 14.4. The van der Waals surface area contributed by atoms with Crippen molar-refractivity contribution in [1.82, 2.24) is 53.2 Å². The van der Waals surface area contributed by atoms with Crippen molar-refractivity contribution in [3.05, 3.63) is 0 Å². The lowest BCUT2D eigenvalue weighted by molar-refractivity contribution is -0.143. The predicted molar refractivity (Wildman–Crippen MR) is 352 cm³/mol. The van der Waals surface area contributed by atoms with Gasteiger partial charge in [-0.05, 0) is 115 Å². The number of guanidine groups is 4. The lowest BCUT2D eigenvalue weighted by atomic mass is 10.0. The normalized spacial score (nSPS) is 17.5. The third-order valence-corrected chi connectivity index (χ3v) is 16.3. The number of rotatable bonds is 46. The SMILES string of the molecule is CC(C)C[C@H](NC(=O)[C@H](CCCN=C(N)N)NC(=O)[C@H](CCCN=C(N)N)NC(=O)[C@H](CC(C)C)NC(=O)[C@H](CS)NC(=O)[C@H](CCCN=C(N)N)NC(=O)[C@H](CCCCN)NC(=O)[C@H](CCCN=C(N)N)NC(=O)CCCC[C@@H]1SC[C@@H]2NC(=O)N[C@@H]21)C(=O)O. The highest BCUT2D eigenvalue weighted by molar-refractivity contribution is 8.00. The summed E-state index contributed by atoms with van der Waals surface area (Å²) in [5, 5.41) is 37.3. The van der Waals surface area contributed by atoms with Crippen LogP contribution in [0.2, 0.25) is 0 Å². The van der Waals surface area contributed by atoms with E-state index in [-0.39, 0.29) is 175 Å². The Hall–Kier alpha value is -7.76. The van der Waals surface area contributed by atoms with Gasteiger partial charge in [-0.15, -0.1) is 0 Å². The van der Waals surface area contributed by atoms with Gasteiger partial charge in [0.05, 0.1) is 12.1 Å². The molecule has 91 heavy (non-hydrogen) atoms. The van der Waals surface area contributed by atoms with Crippen LogP contribution in [0.1, 0.15) is 137 Å². The minimum absolute atomic E-state index is 0.0124.